The third-order valence-corrected chi connectivity index (χ3v) is 3.01. The van der Waals surface area contributed by atoms with E-state index in [-0.39, 0.29) is 0 Å². The van der Waals surface area contributed by atoms with Crippen LogP contribution in [0.3, 0.4) is 0 Å². The van der Waals surface area contributed by atoms with Gasteiger partial charge in [0.15, 0.2) is 0 Å². The molecule has 0 aromatic carbocycles. The monoisotopic (exact) mass is 185 g/mol. The zero-order valence-corrected chi connectivity index (χ0v) is 8.49. The molecule has 0 aromatic heterocycles. The summed E-state index contributed by atoms with van der Waals surface area (Å²) in [7, 11) is 4.09. The zero-order chi connectivity index (χ0) is 9.84. The predicted molar refractivity (Wildman–Crippen MR) is 51.7 cm³/mol. The van der Waals surface area contributed by atoms with Crippen LogP contribution in [0, 0.1) is 5.92 Å². The van der Waals surface area contributed by atoms with Crippen molar-refractivity contribution in [3.8, 4) is 0 Å². The maximum absolute atomic E-state index is 10.4. The third-order valence-electron chi connectivity index (χ3n) is 3.01. The first kappa shape index (κ1) is 10.5. The van der Waals surface area contributed by atoms with Gasteiger partial charge >= 0.3 is 5.97 Å². The van der Waals surface area contributed by atoms with E-state index < -0.39 is 5.97 Å². The summed E-state index contributed by atoms with van der Waals surface area (Å²) >= 11 is 0. The molecule has 3 nitrogen and oxygen atoms in total. The van der Waals surface area contributed by atoms with E-state index in [9.17, 15) is 4.79 Å². The Hall–Kier alpha value is -0.570. The lowest BCUT2D eigenvalue weighted by Crippen LogP contribution is -2.39. The van der Waals surface area contributed by atoms with Gasteiger partial charge in [-0.05, 0) is 39.3 Å². The van der Waals surface area contributed by atoms with Crippen LogP contribution in [0.2, 0.25) is 0 Å². The Morgan fingerprint density at radius 3 is 2.46 bits per heavy atom. The number of rotatable bonds is 5. The van der Waals surface area contributed by atoms with Gasteiger partial charge in [-0.3, -0.25) is 4.79 Å². The molecule has 1 aliphatic carbocycles. The molecule has 0 heterocycles. The molecule has 1 atom stereocenters. The smallest absolute Gasteiger partial charge is 0.303 e. The maximum atomic E-state index is 10.4. The Kier molecular flexibility index (Phi) is 3.72. The summed E-state index contributed by atoms with van der Waals surface area (Å²) in [6.45, 7) is 0. The normalized spacial score (nSPS) is 19.9. The molecule has 0 bridgehead atoms. The lowest BCUT2D eigenvalue weighted by molar-refractivity contribution is -0.137. The fraction of sp³-hybridized carbons (Fsp3) is 0.900. The van der Waals surface area contributed by atoms with Crippen molar-refractivity contribution in [1.82, 2.24) is 4.90 Å². The van der Waals surface area contributed by atoms with E-state index >= 15 is 0 Å². The van der Waals surface area contributed by atoms with E-state index in [2.05, 4.69) is 4.90 Å². The van der Waals surface area contributed by atoms with E-state index in [1.165, 1.54) is 19.3 Å². The second-order valence-corrected chi connectivity index (χ2v) is 4.15. The summed E-state index contributed by atoms with van der Waals surface area (Å²) in [4.78, 5) is 12.6. The first-order chi connectivity index (χ1) is 6.11. The van der Waals surface area contributed by atoms with Crippen molar-refractivity contribution in [2.45, 2.75) is 38.1 Å². The molecule has 1 N–H and O–H groups in total. The van der Waals surface area contributed by atoms with Crippen LogP contribution in [0.15, 0.2) is 0 Å². The highest BCUT2D eigenvalue weighted by atomic mass is 16.4. The fourth-order valence-corrected chi connectivity index (χ4v) is 2.01. The second-order valence-electron chi connectivity index (χ2n) is 4.15. The van der Waals surface area contributed by atoms with Crippen LogP contribution in [-0.2, 0) is 4.79 Å². The molecule has 0 radical (unpaired) electrons. The minimum Gasteiger partial charge on any atom is -0.481 e. The minimum absolute atomic E-state index is 0.305. The van der Waals surface area contributed by atoms with E-state index in [1.54, 1.807) is 0 Å². The maximum Gasteiger partial charge on any atom is 0.303 e. The van der Waals surface area contributed by atoms with Crippen LogP contribution in [0.1, 0.15) is 32.1 Å². The largest absolute Gasteiger partial charge is 0.481 e. The van der Waals surface area contributed by atoms with Crippen molar-refractivity contribution in [2.75, 3.05) is 14.1 Å². The molecule has 3 heteroatoms. The van der Waals surface area contributed by atoms with Crippen molar-refractivity contribution < 1.29 is 9.90 Å². The Morgan fingerprint density at radius 2 is 2.15 bits per heavy atom. The van der Waals surface area contributed by atoms with Gasteiger partial charge in [-0.2, -0.15) is 0 Å². The zero-order valence-electron chi connectivity index (χ0n) is 8.49. The summed E-state index contributed by atoms with van der Waals surface area (Å²) in [6.07, 6.45) is 4.99. The van der Waals surface area contributed by atoms with Gasteiger partial charge in [0.25, 0.3) is 0 Å². The van der Waals surface area contributed by atoms with Gasteiger partial charge in [0.05, 0.1) is 0 Å². The van der Waals surface area contributed by atoms with Crippen LogP contribution in [0.5, 0.6) is 0 Å². The number of carboxylic acid groups (broad SMARTS) is 1. The molecule has 1 rings (SSSR count). The first-order valence-electron chi connectivity index (χ1n) is 4.99. The van der Waals surface area contributed by atoms with E-state index in [4.69, 9.17) is 5.11 Å². The predicted octanol–water partition coefficient (Wildman–Crippen LogP) is 1.58. The average Bonchev–Trinajstić information content (AvgIpc) is 1.92. The summed E-state index contributed by atoms with van der Waals surface area (Å²) < 4.78 is 0. The highest BCUT2D eigenvalue weighted by molar-refractivity contribution is 5.66. The van der Waals surface area contributed by atoms with Crippen LogP contribution in [0.25, 0.3) is 0 Å². The van der Waals surface area contributed by atoms with Gasteiger partial charge in [-0.15, -0.1) is 0 Å². The number of aliphatic carboxylic acids is 1. The topological polar surface area (TPSA) is 40.5 Å². The molecule has 0 saturated heterocycles. The van der Waals surface area contributed by atoms with Gasteiger partial charge in [0.2, 0.25) is 0 Å². The molecule has 0 aromatic rings. The number of nitrogens with zero attached hydrogens (tertiary/aromatic N) is 1. The number of carbonyl (C=O) groups is 1. The van der Waals surface area contributed by atoms with Gasteiger partial charge in [-0.25, -0.2) is 0 Å². The first-order valence-corrected chi connectivity index (χ1v) is 4.99. The molecular weight excluding hydrogens is 166 g/mol. The molecule has 0 aliphatic heterocycles. The van der Waals surface area contributed by atoms with Crippen LogP contribution < -0.4 is 0 Å². The van der Waals surface area contributed by atoms with Crippen molar-refractivity contribution in [3.63, 3.8) is 0 Å². The SMILES string of the molecule is CN(C)C(CCC(=O)O)C1CCC1. The van der Waals surface area contributed by atoms with E-state index in [0.717, 1.165) is 12.3 Å². The minimum atomic E-state index is -0.675. The Balaban J connectivity index is 2.33. The third kappa shape index (κ3) is 2.99. The summed E-state index contributed by atoms with van der Waals surface area (Å²) in [5.41, 5.74) is 0. The van der Waals surface area contributed by atoms with Gasteiger partial charge in [0.1, 0.15) is 0 Å². The van der Waals surface area contributed by atoms with Crippen molar-refractivity contribution in [2.24, 2.45) is 5.92 Å². The molecule has 0 amide bonds. The number of hydrogen-bond acceptors (Lipinski definition) is 2. The van der Waals surface area contributed by atoms with Gasteiger partial charge in [-0.1, -0.05) is 6.42 Å². The molecule has 76 valence electrons. The summed E-state index contributed by atoms with van der Waals surface area (Å²) in [5, 5.41) is 8.60. The summed E-state index contributed by atoms with van der Waals surface area (Å²) in [5.74, 6) is 0.0699. The molecule has 13 heavy (non-hydrogen) atoms. The Labute approximate surface area is 79.7 Å². The van der Waals surface area contributed by atoms with Crippen LogP contribution >= 0.6 is 0 Å². The fourth-order valence-electron chi connectivity index (χ4n) is 2.01. The van der Waals surface area contributed by atoms with Crippen molar-refractivity contribution in [1.29, 1.82) is 0 Å². The molecule has 0 spiro atoms. The highest BCUT2D eigenvalue weighted by Gasteiger charge is 2.28. The van der Waals surface area contributed by atoms with Gasteiger partial charge in [0, 0.05) is 12.5 Å². The van der Waals surface area contributed by atoms with Crippen molar-refractivity contribution in [3.05, 3.63) is 0 Å². The van der Waals surface area contributed by atoms with E-state index in [1.807, 2.05) is 14.1 Å². The lowest BCUT2D eigenvalue weighted by Gasteiger charge is -2.37. The molecule has 1 aliphatic rings. The van der Waals surface area contributed by atoms with Gasteiger partial charge < -0.3 is 10.0 Å². The van der Waals surface area contributed by atoms with E-state index in [0.29, 0.717) is 12.5 Å². The lowest BCUT2D eigenvalue weighted by atomic mass is 9.77. The molecule has 1 fully saturated rings. The standard InChI is InChI=1S/C10H19NO2/c1-11(2)9(6-7-10(12)13)8-4-3-5-8/h8-9H,3-7H2,1-2H3,(H,12,13). The van der Waals surface area contributed by atoms with Crippen molar-refractivity contribution >= 4 is 5.97 Å². The second kappa shape index (κ2) is 4.61. The Bertz CT molecular complexity index is 176. The molecule has 1 unspecified atom stereocenters. The summed E-state index contributed by atoms with van der Waals surface area (Å²) in [6, 6.07) is 0.477. The molecular formula is C10H19NO2. The quantitative estimate of drug-likeness (QED) is 0.707. The average molecular weight is 185 g/mol. The number of hydrogen-bond donors (Lipinski definition) is 1. The molecule has 1 saturated carbocycles. The van der Waals surface area contributed by atoms with Crippen LogP contribution in [0.4, 0.5) is 0 Å². The highest BCUT2D eigenvalue weighted by Crippen LogP contribution is 2.33. The number of carboxylic acids is 1. The van der Waals surface area contributed by atoms with Crippen LogP contribution in [-0.4, -0.2) is 36.1 Å². The Morgan fingerprint density at radius 1 is 1.54 bits per heavy atom.